The number of H-pyrrole nitrogens is 1. The molecule has 3 rings (SSSR count). The van der Waals surface area contributed by atoms with Crippen molar-refractivity contribution < 1.29 is 4.79 Å². The van der Waals surface area contributed by atoms with Gasteiger partial charge in [0.25, 0.3) is 0 Å². The third kappa shape index (κ3) is 3.99. The molecule has 0 saturated heterocycles. The number of fused-ring (bicyclic) bond motifs is 1. The van der Waals surface area contributed by atoms with E-state index in [0.29, 0.717) is 11.7 Å². The van der Waals surface area contributed by atoms with Gasteiger partial charge >= 0.3 is 5.69 Å². The van der Waals surface area contributed by atoms with Crippen molar-refractivity contribution >= 4 is 34.1 Å². The molecule has 0 radical (unpaired) electrons. The highest BCUT2D eigenvalue weighted by atomic mass is 32.2. The third-order valence-electron chi connectivity index (χ3n) is 4.16. The summed E-state index contributed by atoms with van der Waals surface area (Å²) in [6.07, 6.45) is 1.88. The van der Waals surface area contributed by atoms with Crippen LogP contribution >= 0.6 is 11.8 Å². The second-order valence-electron chi connectivity index (χ2n) is 6.09. The average Bonchev–Trinajstić information content (AvgIpc) is 2.99. The molecule has 2 aromatic carbocycles. The molecule has 0 spiro atoms. The predicted molar refractivity (Wildman–Crippen MR) is 106 cm³/mol. The molecule has 1 atom stereocenters. The van der Waals surface area contributed by atoms with Gasteiger partial charge in [-0.3, -0.25) is 9.36 Å². The number of amides is 1. The van der Waals surface area contributed by atoms with Gasteiger partial charge in [-0.1, -0.05) is 61.5 Å². The lowest BCUT2D eigenvalue weighted by atomic mass is 10.1. The van der Waals surface area contributed by atoms with Crippen molar-refractivity contribution in [1.82, 2.24) is 14.8 Å². The maximum atomic E-state index is 12.6. The summed E-state index contributed by atoms with van der Waals surface area (Å²) in [4.78, 5) is 24.5. The van der Waals surface area contributed by atoms with Crippen LogP contribution in [0.1, 0.15) is 26.7 Å². The molecular weight excluding hydrogens is 348 g/mol. The summed E-state index contributed by atoms with van der Waals surface area (Å²) in [5, 5.41) is 11.8. The van der Waals surface area contributed by atoms with Gasteiger partial charge in [-0.25, -0.2) is 9.89 Å². The van der Waals surface area contributed by atoms with E-state index in [1.807, 2.05) is 49.4 Å². The maximum absolute atomic E-state index is 12.6. The highest BCUT2D eigenvalue weighted by Gasteiger charge is 2.19. The summed E-state index contributed by atoms with van der Waals surface area (Å²) in [5.74, 6) is -0.121. The van der Waals surface area contributed by atoms with Gasteiger partial charge in [0.2, 0.25) is 5.91 Å². The highest BCUT2D eigenvalue weighted by molar-refractivity contribution is 8.00. The van der Waals surface area contributed by atoms with Gasteiger partial charge in [-0.15, -0.1) is 5.10 Å². The monoisotopic (exact) mass is 370 g/mol. The first kappa shape index (κ1) is 18.3. The van der Waals surface area contributed by atoms with Crippen LogP contribution < -0.4 is 11.0 Å². The summed E-state index contributed by atoms with van der Waals surface area (Å²) in [6.45, 7) is 4.48. The molecule has 2 N–H and O–H groups in total. The number of benzene rings is 2. The van der Waals surface area contributed by atoms with Crippen LogP contribution in [0, 0.1) is 0 Å². The van der Waals surface area contributed by atoms with Crippen molar-refractivity contribution in [3.8, 4) is 0 Å². The first-order valence-electron chi connectivity index (χ1n) is 8.70. The minimum Gasteiger partial charge on any atom is -0.325 e. The molecule has 6 nitrogen and oxygen atoms in total. The number of anilines is 1. The third-order valence-corrected chi connectivity index (χ3v) is 5.25. The smallest absolute Gasteiger partial charge is 0.325 e. The molecule has 136 valence electrons. The molecule has 0 fully saturated rings. The van der Waals surface area contributed by atoms with Crippen LogP contribution in [-0.4, -0.2) is 25.9 Å². The van der Waals surface area contributed by atoms with E-state index in [1.54, 1.807) is 4.57 Å². The summed E-state index contributed by atoms with van der Waals surface area (Å²) < 4.78 is 1.59. The topological polar surface area (TPSA) is 79.8 Å². The minimum absolute atomic E-state index is 0.121. The van der Waals surface area contributed by atoms with Gasteiger partial charge in [0.15, 0.2) is 5.16 Å². The number of aromatic nitrogens is 3. The number of rotatable bonds is 7. The maximum Gasteiger partial charge on any atom is 0.343 e. The normalized spacial score (nSPS) is 12.2. The van der Waals surface area contributed by atoms with Gasteiger partial charge in [0.1, 0.15) is 0 Å². The molecule has 0 aliphatic carbocycles. The van der Waals surface area contributed by atoms with Gasteiger partial charge in [0.05, 0.1) is 5.25 Å². The number of carbonyl (C=O) groups is 1. The van der Waals surface area contributed by atoms with Crippen LogP contribution in [0.2, 0.25) is 0 Å². The standard InChI is InChI=1S/C19H22N4O2S/c1-3-4-12-23-18(25)21-22-19(23)26-13(2)17(24)20-16-11-7-9-14-8-5-6-10-15(14)16/h5-11,13H,3-4,12H2,1-2H3,(H,20,24)(H,21,25). The van der Waals surface area contributed by atoms with Crippen molar-refractivity contribution in [2.45, 2.75) is 43.6 Å². The molecule has 0 aliphatic rings. The Morgan fingerprint density at radius 2 is 2.04 bits per heavy atom. The van der Waals surface area contributed by atoms with Crippen LogP contribution in [0.15, 0.2) is 52.4 Å². The lowest BCUT2D eigenvalue weighted by Crippen LogP contribution is -2.24. The van der Waals surface area contributed by atoms with E-state index in [9.17, 15) is 9.59 Å². The molecule has 1 unspecified atom stereocenters. The number of unbranched alkanes of at least 4 members (excludes halogenated alkanes) is 1. The number of hydrogen-bond acceptors (Lipinski definition) is 4. The van der Waals surface area contributed by atoms with Gasteiger partial charge in [-0.05, 0) is 24.8 Å². The minimum atomic E-state index is -0.385. The van der Waals surface area contributed by atoms with E-state index in [2.05, 4.69) is 22.4 Å². The summed E-state index contributed by atoms with van der Waals surface area (Å²) in [5.41, 5.74) is 0.550. The quantitative estimate of drug-likeness (QED) is 0.622. The second kappa shape index (κ2) is 8.23. The first-order chi connectivity index (χ1) is 12.6. The molecule has 1 aromatic heterocycles. The Labute approximate surface area is 156 Å². The number of nitrogens with one attached hydrogen (secondary N) is 2. The van der Waals surface area contributed by atoms with Crippen LogP contribution in [0.5, 0.6) is 0 Å². The van der Waals surface area contributed by atoms with Crippen LogP contribution in [-0.2, 0) is 11.3 Å². The fourth-order valence-electron chi connectivity index (χ4n) is 2.69. The number of carbonyl (C=O) groups excluding carboxylic acids is 1. The Hall–Kier alpha value is -2.54. The Morgan fingerprint density at radius 3 is 2.85 bits per heavy atom. The van der Waals surface area contributed by atoms with E-state index in [0.717, 1.165) is 29.3 Å². The molecule has 1 heterocycles. The van der Waals surface area contributed by atoms with E-state index in [4.69, 9.17) is 0 Å². The fourth-order valence-corrected chi connectivity index (χ4v) is 3.57. The Balaban J connectivity index is 1.73. The van der Waals surface area contributed by atoms with Crippen LogP contribution in [0.3, 0.4) is 0 Å². The van der Waals surface area contributed by atoms with Crippen LogP contribution in [0.4, 0.5) is 5.69 Å². The molecule has 0 bridgehead atoms. The van der Waals surface area contributed by atoms with Gasteiger partial charge < -0.3 is 5.32 Å². The zero-order valence-corrected chi connectivity index (χ0v) is 15.7. The molecule has 0 saturated carbocycles. The zero-order chi connectivity index (χ0) is 18.5. The van der Waals surface area contributed by atoms with Crippen molar-refractivity contribution in [2.24, 2.45) is 0 Å². The van der Waals surface area contributed by atoms with E-state index < -0.39 is 0 Å². The van der Waals surface area contributed by atoms with Crippen molar-refractivity contribution in [2.75, 3.05) is 5.32 Å². The first-order valence-corrected chi connectivity index (χ1v) is 9.58. The molecule has 3 aromatic rings. The lowest BCUT2D eigenvalue weighted by molar-refractivity contribution is -0.115. The Bertz CT molecular complexity index is 958. The molecule has 0 aliphatic heterocycles. The fraction of sp³-hybridized carbons (Fsp3) is 0.316. The van der Waals surface area contributed by atoms with Gasteiger partial charge in [-0.2, -0.15) is 0 Å². The van der Waals surface area contributed by atoms with E-state index >= 15 is 0 Å². The summed E-state index contributed by atoms with van der Waals surface area (Å²) in [7, 11) is 0. The Kier molecular flexibility index (Phi) is 5.78. The number of thioether (sulfide) groups is 1. The largest absolute Gasteiger partial charge is 0.343 e. The number of aromatic amines is 1. The zero-order valence-electron chi connectivity index (χ0n) is 14.9. The molecule has 1 amide bonds. The van der Waals surface area contributed by atoms with E-state index in [1.165, 1.54) is 11.8 Å². The predicted octanol–water partition coefficient (Wildman–Crippen LogP) is 3.64. The number of hydrogen-bond donors (Lipinski definition) is 2. The average molecular weight is 370 g/mol. The number of nitrogens with zero attached hydrogens (tertiary/aromatic N) is 2. The van der Waals surface area contributed by atoms with Crippen molar-refractivity contribution in [3.63, 3.8) is 0 Å². The molecule has 7 heteroatoms. The molecular formula is C19H22N4O2S. The lowest BCUT2D eigenvalue weighted by Gasteiger charge is -2.13. The van der Waals surface area contributed by atoms with E-state index in [-0.39, 0.29) is 16.8 Å². The SMILES string of the molecule is CCCCn1c(SC(C)C(=O)Nc2cccc3ccccc23)n[nH]c1=O. The van der Waals surface area contributed by atoms with Crippen molar-refractivity contribution in [3.05, 3.63) is 52.9 Å². The van der Waals surface area contributed by atoms with Crippen molar-refractivity contribution in [1.29, 1.82) is 0 Å². The summed E-state index contributed by atoms with van der Waals surface area (Å²) in [6, 6.07) is 13.7. The van der Waals surface area contributed by atoms with Gasteiger partial charge in [0, 0.05) is 17.6 Å². The summed E-state index contributed by atoms with van der Waals surface area (Å²) >= 11 is 1.28. The molecule has 26 heavy (non-hydrogen) atoms. The highest BCUT2D eigenvalue weighted by Crippen LogP contribution is 2.25. The van der Waals surface area contributed by atoms with Crippen LogP contribution in [0.25, 0.3) is 10.8 Å². The Morgan fingerprint density at radius 1 is 1.27 bits per heavy atom. The second-order valence-corrected chi connectivity index (χ2v) is 7.40.